The zero-order chi connectivity index (χ0) is 12.5. The largest absolute Gasteiger partial charge is 0.368 e. The van der Waals surface area contributed by atoms with Crippen molar-refractivity contribution in [3.63, 3.8) is 0 Å². The lowest BCUT2D eigenvalue weighted by molar-refractivity contribution is 1.02. The van der Waals surface area contributed by atoms with E-state index in [0.717, 1.165) is 22.3 Å². The zero-order valence-corrected chi connectivity index (χ0v) is 9.54. The first-order valence-electron chi connectivity index (χ1n) is 5.44. The molecule has 18 heavy (non-hydrogen) atoms. The molecule has 0 atom stereocenters. The van der Waals surface area contributed by atoms with Crippen molar-refractivity contribution in [3.05, 3.63) is 48.3 Å². The molecule has 0 aliphatic heterocycles. The van der Waals surface area contributed by atoms with Gasteiger partial charge in [-0.05, 0) is 24.3 Å². The van der Waals surface area contributed by atoms with Gasteiger partial charge in [-0.25, -0.2) is 4.98 Å². The van der Waals surface area contributed by atoms with Crippen LogP contribution >= 0.6 is 0 Å². The van der Waals surface area contributed by atoms with E-state index in [-0.39, 0.29) is 5.95 Å². The van der Waals surface area contributed by atoms with Crippen LogP contribution in [0.15, 0.2) is 42.7 Å². The van der Waals surface area contributed by atoms with E-state index in [1.807, 2.05) is 35.0 Å². The summed E-state index contributed by atoms with van der Waals surface area (Å²) < 4.78 is 1.94. The molecule has 4 nitrogen and oxygen atoms in total. The average Bonchev–Trinajstić information content (AvgIpc) is 2.81. The maximum absolute atomic E-state index is 5.60. The van der Waals surface area contributed by atoms with Gasteiger partial charge in [0.1, 0.15) is 5.82 Å². The molecule has 0 fully saturated rings. The molecule has 0 aliphatic rings. The molecule has 0 amide bonds. The van der Waals surface area contributed by atoms with Crippen molar-refractivity contribution in [2.75, 3.05) is 5.73 Å². The molecule has 2 heterocycles. The van der Waals surface area contributed by atoms with Crippen molar-refractivity contribution in [2.24, 2.45) is 0 Å². The fourth-order valence-corrected chi connectivity index (χ4v) is 1.92. The lowest BCUT2D eigenvalue weighted by Gasteiger charge is -2.04. The lowest BCUT2D eigenvalue weighted by Crippen LogP contribution is -2.00. The SMILES string of the molecule is C#Cc1ccc2ccn(-c3ccnc(N)n3)c2c1. The lowest BCUT2D eigenvalue weighted by atomic mass is 10.2. The summed E-state index contributed by atoms with van der Waals surface area (Å²) in [7, 11) is 0. The molecule has 2 aromatic heterocycles. The van der Waals surface area contributed by atoms with Gasteiger partial charge >= 0.3 is 0 Å². The van der Waals surface area contributed by atoms with Crippen molar-refractivity contribution >= 4 is 16.9 Å². The summed E-state index contributed by atoms with van der Waals surface area (Å²) in [5, 5.41) is 1.10. The van der Waals surface area contributed by atoms with Crippen LogP contribution in [0.4, 0.5) is 5.95 Å². The summed E-state index contributed by atoms with van der Waals surface area (Å²) in [6, 6.07) is 9.67. The van der Waals surface area contributed by atoms with E-state index >= 15 is 0 Å². The summed E-state index contributed by atoms with van der Waals surface area (Å²) in [6.45, 7) is 0. The molecular formula is C14H10N4. The molecule has 86 valence electrons. The molecule has 0 aliphatic carbocycles. The van der Waals surface area contributed by atoms with Crippen LogP contribution in [0, 0.1) is 12.3 Å². The van der Waals surface area contributed by atoms with E-state index in [1.165, 1.54) is 0 Å². The van der Waals surface area contributed by atoms with Gasteiger partial charge in [-0.3, -0.25) is 0 Å². The maximum Gasteiger partial charge on any atom is 0.221 e. The molecule has 1 aromatic carbocycles. The summed E-state index contributed by atoms with van der Waals surface area (Å²) in [4.78, 5) is 8.08. The first kappa shape index (κ1) is 10.4. The maximum atomic E-state index is 5.60. The standard InChI is InChI=1S/C14H10N4/c1-2-10-3-4-11-6-8-18(12(11)9-10)13-5-7-16-14(15)17-13/h1,3-9H,(H2,15,16,17). The minimum Gasteiger partial charge on any atom is -0.368 e. The van der Waals surface area contributed by atoms with Crippen molar-refractivity contribution in [3.8, 4) is 18.2 Å². The third kappa shape index (κ3) is 1.59. The van der Waals surface area contributed by atoms with Gasteiger partial charge in [-0.15, -0.1) is 6.42 Å². The topological polar surface area (TPSA) is 56.7 Å². The van der Waals surface area contributed by atoms with Gasteiger partial charge in [0.15, 0.2) is 0 Å². The normalized spacial score (nSPS) is 10.4. The second-order valence-electron chi connectivity index (χ2n) is 3.88. The predicted molar refractivity (Wildman–Crippen MR) is 71.2 cm³/mol. The van der Waals surface area contributed by atoms with E-state index in [2.05, 4.69) is 15.9 Å². The van der Waals surface area contributed by atoms with E-state index in [9.17, 15) is 0 Å². The Morgan fingerprint density at radius 3 is 2.89 bits per heavy atom. The van der Waals surface area contributed by atoms with Crippen LogP contribution < -0.4 is 5.73 Å². The van der Waals surface area contributed by atoms with Crippen LogP contribution in [0.3, 0.4) is 0 Å². The van der Waals surface area contributed by atoms with Crippen LogP contribution in [0.25, 0.3) is 16.7 Å². The minimum absolute atomic E-state index is 0.252. The van der Waals surface area contributed by atoms with Crippen LogP contribution in [0.2, 0.25) is 0 Å². The minimum atomic E-state index is 0.252. The van der Waals surface area contributed by atoms with Gasteiger partial charge < -0.3 is 10.3 Å². The molecule has 0 bridgehead atoms. The van der Waals surface area contributed by atoms with Crippen LogP contribution in [0.5, 0.6) is 0 Å². The Kier molecular flexibility index (Phi) is 2.24. The number of benzene rings is 1. The van der Waals surface area contributed by atoms with Crippen LogP contribution in [-0.4, -0.2) is 14.5 Å². The number of aromatic nitrogens is 3. The van der Waals surface area contributed by atoms with Crippen molar-refractivity contribution in [1.82, 2.24) is 14.5 Å². The summed E-state index contributed by atoms with van der Waals surface area (Å²) >= 11 is 0. The number of nitrogens with two attached hydrogens (primary N) is 1. The van der Waals surface area contributed by atoms with Crippen LogP contribution in [0.1, 0.15) is 5.56 Å². The van der Waals surface area contributed by atoms with E-state index in [1.54, 1.807) is 12.3 Å². The number of rotatable bonds is 1. The molecule has 0 spiro atoms. The Bertz CT molecular complexity index is 765. The van der Waals surface area contributed by atoms with E-state index in [4.69, 9.17) is 12.2 Å². The Morgan fingerprint density at radius 2 is 2.11 bits per heavy atom. The second-order valence-corrected chi connectivity index (χ2v) is 3.88. The highest BCUT2D eigenvalue weighted by Gasteiger charge is 2.05. The first-order chi connectivity index (χ1) is 8.78. The van der Waals surface area contributed by atoms with E-state index < -0.39 is 0 Å². The van der Waals surface area contributed by atoms with Crippen molar-refractivity contribution in [1.29, 1.82) is 0 Å². The highest BCUT2D eigenvalue weighted by molar-refractivity contribution is 5.83. The molecular weight excluding hydrogens is 224 g/mol. The Morgan fingerprint density at radius 1 is 1.22 bits per heavy atom. The van der Waals surface area contributed by atoms with Crippen molar-refractivity contribution in [2.45, 2.75) is 0 Å². The summed E-state index contributed by atoms with van der Waals surface area (Å²) in [6.07, 6.45) is 8.99. The predicted octanol–water partition coefficient (Wildman–Crippen LogP) is 1.98. The zero-order valence-electron chi connectivity index (χ0n) is 9.54. The van der Waals surface area contributed by atoms with Gasteiger partial charge in [0.2, 0.25) is 5.95 Å². The number of hydrogen-bond acceptors (Lipinski definition) is 3. The molecule has 0 saturated carbocycles. The average molecular weight is 234 g/mol. The fraction of sp³-hybridized carbons (Fsp3) is 0. The van der Waals surface area contributed by atoms with Crippen LogP contribution in [-0.2, 0) is 0 Å². The molecule has 4 heteroatoms. The number of anilines is 1. The quantitative estimate of drug-likeness (QED) is 0.655. The van der Waals surface area contributed by atoms with Gasteiger partial charge in [0.05, 0.1) is 5.52 Å². The molecule has 0 unspecified atom stereocenters. The number of nitrogens with zero attached hydrogens (tertiary/aromatic N) is 3. The third-order valence-electron chi connectivity index (χ3n) is 2.77. The van der Waals surface area contributed by atoms with Gasteiger partial charge in [0.25, 0.3) is 0 Å². The van der Waals surface area contributed by atoms with Crippen molar-refractivity contribution < 1.29 is 0 Å². The Balaban J connectivity index is 2.27. The highest BCUT2D eigenvalue weighted by atomic mass is 15.1. The van der Waals surface area contributed by atoms with E-state index in [0.29, 0.717) is 0 Å². The Hall–Kier alpha value is -2.80. The number of nitrogen functional groups attached to an aromatic ring is 1. The number of terminal acetylenes is 1. The van der Waals surface area contributed by atoms with Gasteiger partial charge in [-0.1, -0.05) is 12.0 Å². The molecule has 2 N–H and O–H groups in total. The molecule has 0 radical (unpaired) electrons. The number of fused-ring (bicyclic) bond motifs is 1. The Labute approximate surface area is 104 Å². The summed E-state index contributed by atoms with van der Waals surface area (Å²) in [5.74, 6) is 3.61. The summed E-state index contributed by atoms with van der Waals surface area (Å²) in [5.41, 5.74) is 7.44. The first-order valence-corrected chi connectivity index (χ1v) is 5.44. The monoisotopic (exact) mass is 234 g/mol. The third-order valence-corrected chi connectivity index (χ3v) is 2.77. The second kappa shape index (κ2) is 3.90. The fourth-order valence-electron chi connectivity index (χ4n) is 1.92. The van der Waals surface area contributed by atoms with Gasteiger partial charge in [-0.2, -0.15) is 4.98 Å². The molecule has 3 rings (SSSR count). The highest BCUT2D eigenvalue weighted by Crippen LogP contribution is 2.20. The molecule has 3 aromatic rings. The number of hydrogen-bond donors (Lipinski definition) is 1. The van der Waals surface area contributed by atoms with Gasteiger partial charge in [0, 0.05) is 23.3 Å². The molecule has 0 saturated heterocycles. The smallest absolute Gasteiger partial charge is 0.221 e.